The minimum absolute atomic E-state index is 0.447. The van der Waals surface area contributed by atoms with E-state index >= 15 is 0 Å². The first kappa shape index (κ1) is 11.4. The van der Waals surface area contributed by atoms with Crippen molar-refractivity contribution in [2.75, 3.05) is 13.1 Å². The van der Waals surface area contributed by atoms with Crippen LogP contribution in [0.15, 0.2) is 0 Å². The average Bonchev–Trinajstić information content (AvgIpc) is 2.72. The summed E-state index contributed by atoms with van der Waals surface area (Å²) < 4.78 is 0. The van der Waals surface area contributed by atoms with Crippen molar-refractivity contribution in [3.8, 4) is 0 Å². The maximum absolute atomic E-state index is 3.67. The molecule has 0 aromatic rings. The predicted octanol–water partition coefficient (Wildman–Crippen LogP) is 2.39. The lowest BCUT2D eigenvalue weighted by Gasteiger charge is -2.39. The van der Waals surface area contributed by atoms with Gasteiger partial charge in [0.2, 0.25) is 0 Å². The molecule has 15 heavy (non-hydrogen) atoms. The highest BCUT2D eigenvalue weighted by molar-refractivity contribution is 4.98. The average molecular weight is 210 g/mol. The van der Waals surface area contributed by atoms with Crippen LogP contribution in [0, 0.1) is 0 Å². The monoisotopic (exact) mass is 210 g/mol. The molecule has 0 aromatic carbocycles. The lowest BCUT2D eigenvalue weighted by molar-refractivity contribution is 0.101. The maximum atomic E-state index is 3.67. The second kappa shape index (κ2) is 4.42. The molecular weight excluding hydrogens is 184 g/mol. The van der Waals surface area contributed by atoms with E-state index < -0.39 is 0 Å². The van der Waals surface area contributed by atoms with Crippen LogP contribution in [-0.4, -0.2) is 35.6 Å². The van der Waals surface area contributed by atoms with Gasteiger partial charge in [-0.2, -0.15) is 0 Å². The summed E-state index contributed by atoms with van der Waals surface area (Å²) >= 11 is 0. The first-order valence-corrected chi connectivity index (χ1v) is 6.65. The van der Waals surface area contributed by atoms with E-state index in [0.29, 0.717) is 5.54 Å². The van der Waals surface area contributed by atoms with Gasteiger partial charge in [-0.25, -0.2) is 0 Å². The molecule has 0 spiro atoms. The number of likely N-dealkylation sites (tertiary alicyclic amines) is 1. The largest absolute Gasteiger partial charge is 0.313 e. The first-order valence-electron chi connectivity index (χ1n) is 6.65. The Balaban J connectivity index is 2.02. The van der Waals surface area contributed by atoms with Gasteiger partial charge in [0.05, 0.1) is 0 Å². The second-order valence-corrected chi connectivity index (χ2v) is 5.77. The molecule has 88 valence electrons. The number of hydrogen-bond donors (Lipinski definition) is 1. The molecule has 2 nitrogen and oxygen atoms in total. The minimum Gasteiger partial charge on any atom is -0.313 e. The third kappa shape index (κ3) is 2.21. The molecule has 2 rings (SSSR count). The van der Waals surface area contributed by atoms with Crippen molar-refractivity contribution in [1.29, 1.82) is 0 Å². The molecule has 0 amide bonds. The van der Waals surface area contributed by atoms with Crippen LogP contribution in [0.4, 0.5) is 0 Å². The minimum atomic E-state index is 0.447. The summed E-state index contributed by atoms with van der Waals surface area (Å²) in [6, 6.07) is 1.56. The van der Waals surface area contributed by atoms with E-state index in [2.05, 4.69) is 31.0 Å². The second-order valence-electron chi connectivity index (χ2n) is 5.77. The molecular formula is C13H26N2. The van der Waals surface area contributed by atoms with E-state index in [1.165, 1.54) is 38.6 Å². The van der Waals surface area contributed by atoms with Gasteiger partial charge in [0.15, 0.2) is 0 Å². The van der Waals surface area contributed by atoms with Crippen molar-refractivity contribution in [3.63, 3.8) is 0 Å². The van der Waals surface area contributed by atoms with Crippen molar-refractivity contribution >= 4 is 0 Å². The zero-order valence-corrected chi connectivity index (χ0v) is 10.6. The number of nitrogens with one attached hydrogen (secondary N) is 1. The Morgan fingerprint density at radius 1 is 1.27 bits per heavy atom. The van der Waals surface area contributed by atoms with Gasteiger partial charge in [-0.3, -0.25) is 4.90 Å². The molecule has 2 aliphatic rings. The molecule has 1 heterocycles. The third-order valence-corrected chi connectivity index (χ3v) is 4.31. The van der Waals surface area contributed by atoms with E-state index in [1.54, 1.807) is 0 Å². The Labute approximate surface area is 94.4 Å². The van der Waals surface area contributed by atoms with E-state index in [-0.39, 0.29) is 0 Å². The molecule has 2 heteroatoms. The van der Waals surface area contributed by atoms with Gasteiger partial charge in [-0.15, -0.1) is 0 Å². The molecule has 2 fully saturated rings. The van der Waals surface area contributed by atoms with Gasteiger partial charge in [-0.1, -0.05) is 13.3 Å². The van der Waals surface area contributed by atoms with Crippen LogP contribution in [0.25, 0.3) is 0 Å². The van der Waals surface area contributed by atoms with E-state index in [1.807, 2.05) is 0 Å². The lowest BCUT2D eigenvalue weighted by Crippen LogP contribution is -2.52. The van der Waals surface area contributed by atoms with Gasteiger partial charge < -0.3 is 5.32 Å². The van der Waals surface area contributed by atoms with Crippen LogP contribution in [-0.2, 0) is 0 Å². The van der Waals surface area contributed by atoms with Crippen LogP contribution < -0.4 is 5.32 Å². The van der Waals surface area contributed by atoms with Gasteiger partial charge in [0.25, 0.3) is 0 Å². The van der Waals surface area contributed by atoms with Crippen LogP contribution in [0.3, 0.4) is 0 Å². The van der Waals surface area contributed by atoms with Crippen LogP contribution >= 0.6 is 0 Å². The highest BCUT2D eigenvalue weighted by atomic mass is 15.3. The Kier molecular flexibility index (Phi) is 3.36. The number of nitrogens with zero attached hydrogens (tertiary/aromatic N) is 1. The summed E-state index contributed by atoms with van der Waals surface area (Å²) in [6.07, 6.45) is 6.96. The van der Waals surface area contributed by atoms with Gasteiger partial charge in [0.1, 0.15) is 0 Å². The van der Waals surface area contributed by atoms with Crippen molar-refractivity contribution in [1.82, 2.24) is 10.2 Å². The fraction of sp³-hybridized carbons (Fsp3) is 1.00. The van der Waals surface area contributed by atoms with Crippen LogP contribution in [0.2, 0.25) is 0 Å². The van der Waals surface area contributed by atoms with Crippen LogP contribution in [0.1, 0.15) is 52.9 Å². The normalized spacial score (nSPS) is 36.2. The summed E-state index contributed by atoms with van der Waals surface area (Å²) in [4.78, 5) is 2.77. The molecule has 1 saturated carbocycles. The van der Waals surface area contributed by atoms with Gasteiger partial charge >= 0.3 is 0 Å². The molecule has 0 bridgehead atoms. The number of likely N-dealkylation sites (N-methyl/N-ethyl adjacent to an activating group) is 1. The molecule has 0 aromatic heterocycles. The predicted molar refractivity (Wildman–Crippen MR) is 65.1 cm³/mol. The topological polar surface area (TPSA) is 15.3 Å². The van der Waals surface area contributed by atoms with Gasteiger partial charge in [0, 0.05) is 17.6 Å². The Morgan fingerprint density at radius 2 is 2.07 bits per heavy atom. The van der Waals surface area contributed by atoms with Crippen molar-refractivity contribution < 1.29 is 0 Å². The van der Waals surface area contributed by atoms with Crippen molar-refractivity contribution in [2.24, 2.45) is 0 Å². The van der Waals surface area contributed by atoms with Crippen LogP contribution in [0.5, 0.6) is 0 Å². The molecule has 1 aliphatic heterocycles. The zero-order valence-electron chi connectivity index (χ0n) is 10.6. The summed E-state index contributed by atoms with van der Waals surface area (Å²) in [5.74, 6) is 0. The van der Waals surface area contributed by atoms with Crippen molar-refractivity contribution in [3.05, 3.63) is 0 Å². The molecule has 1 N–H and O–H groups in total. The van der Waals surface area contributed by atoms with E-state index in [9.17, 15) is 0 Å². The summed E-state index contributed by atoms with van der Waals surface area (Å²) in [5, 5.41) is 3.67. The Hall–Kier alpha value is -0.0800. The highest BCUT2D eigenvalue weighted by Gasteiger charge is 2.41. The molecule has 1 aliphatic carbocycles. The maximum Gasteiger partial charge on any atom is 0.0254 e. The van der Waals surface area contributed by atoms with E-state index in [4.69, 9.17) is 0 Å². The summed E-state index contributed by atoms with van der Waals surface area (Å²) in [6.45, 7) is 9.50. The molecule has 2 unspecified atom stereocenters. The number of hydrogen-bond acceptors (Lipinski definition) is 2. The number of rotatable bonds is 3. The fourth-order valence-corrected chi connectivity index (χ4v) is 3.56. The van der Waals surface area contributed by atoms with Gasteiger partial charge in [-0.05, 0) is 52.6 Å². The molecule has 1 saturated heterocycles. The molecule has 2 atom stereocenters. The third-order valence-electron chi connectivity index (χ3n) is 4.31. The SMILES string of the molecule is CCNC1CCCC1N1CCCC1(C)C. The standard InChI is InChI=1S/C13H26N2/c1-4-14-11-7-5-8-12(11)15-10-6-9-13(15,2)3/h11-12,14H,4-10H2,1-3H3. The summed E-state index contributed by atoms with van der Waals surface area (Å²) in [7, 11) is 0. The zero-order chi connectivity index (χ0) is 10.9. The Morgan fingerprint density at radius 3 is 2.67 bits per heavy atom. The molecule has 0 radical (unpaired) electrons. The fourth-order valence-electron chi connectivity index (χ4n) is 3.56. The smallest absolute Gasteiger partial charge is 0.0254 e. The lowest BCUT2D eigenvalue weighted by atomic mass is 9.99. The quantitative estimate of drug-likeness (QED) is 0.769. The first-order chi connectivity index (χ1) is 7.15. The van der Waals surface area contributed by atoms with E-state index in [0.717, 1.165) is 18.6 Å². The Bertz CT molecular complexity index is 213. The highest BCUT2D eigenvalue weighted by Crippen LogP contribution is 2.36. The van der Waals surface area contributed by atoms with Crippen molar-refractivity contribution in [2.45, 2.75) is 70.5 Å². The summed E-state index contributed by atoms with van der Waals surface area (Å²) in [5.41, 5.74) is 0.447.